The van der Waals surface area contributed by atoms with Crippen LogP contribution in [0.25, 0.3) is 0 Å². The molecule has 0 aliphatic carbocycles. The van der Waals surface area contributed by atoms with Crippen LogP contribution in [0.15, 0.2) is 29.3 Å². The lowest BCUT2D eigenvalue weighted by Gasteiger charge is -2.08. The first kappa shape index (κ1) is 13.4. The third-order valence-electron chi connectivity index (χ3n) is 1.78. The zero-order valence-electron chi connectivity index (χ0n) is 9.64. The van der Waals surface area contributed by atoms with E-state index < -0.39 is 0 Å². The quantitative estimate of drug-likeness (QED) is 0.292. The molecule has 5 nitrogen and oxygen atoms in total. The molecule has 0 aliphatic rings. The maximum atomic E-state index is 8.55. The first-order valence-electron chi connectivity index (χ1n) is 4.80. The molecule has 0 saturated heterocycles. The van der Waals surface area contributed by atoms with E-state index in [1.807, 2.05) is 24.6 Å². The Hall–Kier alpha value is -1.71. The highest BCUT2D eigenvalue weighted by molar-refractivity contribution is 8.13. The van der Waals surface area contributed by atoms with Crippen molar-refractivity contribution in [1.29, 1.82) is 5.26 Å². The summed E-state index contributed by atoms with van der Waals surface area (Å²) in [5.74, 6) is 0.612. The number of amidine groups is 1. The number of aliphatic imine (C=N–C) groups is 1. The number of nitrogens with zero attached hydrogens (tertiary/aromatic N) is 2. The van der Waals surface area contributed by atoms with Crippen LogP contribution in [0.5, 0.6) is 5.75 Å². The molecular formula is C11H13N3O2S. The van der Waals surface area contributed by atoms with Crippen molar-refractivity contribution in [3.63, 3.8) is 0 Å². The Labute approximate surface area is 104 Å². The SMILES string of the molecule is COCOc1ccccc1N=C(NC#N)SC. The maximum Gasteiger partial charge on any atom is 0.188 e. The molecule has 6 heteroatoms. The highest BCUT2D eigenvalue weighted by atomic mass is 32.2. The van der Waals surface area contributed by atoms with Gasteiger partial charge >= 0.3 is 0 Å². The number of hydrogen-bond donors (Lipinski definition) is 1. The van der Waals surface area contributed by atoms with Gasteiger partial charge < -0.3 is 9.47 Å². The van der Waals surface area contributed by atoms with Crippen LogP contribution in [0.3, 0.4) is 0 Å². The fraction of sp³-hybridized carbons (Fsp3) is 0.273. The van der Waals surface area contributed by atoms with E-state index in [4.69, 9.17) is 14.7 Å². The van der Waals surface area contributed by atoms with Gasteiger partial charge in [0.15, 0.2) is 18.2 Å². The van der Waals surface area contributed by atoms with E-state index >= 15 is 0 Å². The van der Waals surface area contributed by atoms with Crippen molar-refractivity contribution in [1.82, 2.24) is 5.32 Å². The van der Waals surface area contributed by atoms with Crippen LogP contribution in [-0.4, -0.2) is 25.3 Å². The Bertz CT molecular complexity index is 429. The fourth-order valence-corrected chi connectivity index (χ4v) is 1.41. The van der Waals surface area contributed by atoms with Gasteiger partial charge in [-0.1, -0.05) is 23.9 Å². The van der Waals surface area contributed by atoms with Crippen LogP contribution < -0.4 is 10.1 Å². The van der Waals surface area contributed by atoms with Gasteiger partial charge in [-0.15, -0.1) is 0 Å². The van der Waals surface area contributed by atoms with E-state index in [0.717, 1.165) is 0 Å². The van der Waals surface area contributed by atoms with E-state index in [1.165, 1.54) is 11.8 Å². The lowest BCUT2D eigenvalue weighted by atomic mass is 10.3. The molecule has 17 heavy (non-hydrogen) atoms. The van der Waals surface area contributed by atoms with Gasteiger partial charge in [-0.05, 0) is 18.4 Å². The normalized spacial score (nSPS) is 10.8. The molecule has 1 rings (SSSR count). The minimum atomic E-state index is 0.160. The largest absolute Gasteiger partial charge is 0.465 e. The molecular weight excluding hydrogens is 238 g/mol. The van der Waals surface area contributed by atoms with Crippen molar-refractivity contribution in [3.05, 3.63) is 24.3 Å². The number of nitriles is 1. The van der Waals surface area contributed by atoms with Gasteiger partial charge in [0.05, 0.1) is 0 Å². The number of hydrogen-bond acceptors (Lipinski definition) is 5. The lowest BCUT2D eigenvalue weighted by Crippen LogP contribution is -2.12. The highest BCUT2D eigenvalue weighted by Crippen LogP contribution is 2.27. The van der Waals surface area contributed by atoms with Gasteiger partial charge in [-0.2, -0.15) is 5.26 Å². The zero-order valence-corrected chi connectivity index (χ0v) is 10.5. The Morgan fingerprint density at radius 2 is 2.29 bits per heavy atom. The maximum absolute atomic E-state index is 8.55. The van der Waals surface area contributed by atoms with Crippen molar-refractivity contribution in [2.45, 2.75) is 0 Å². The molecule has 0 radical (unpaired) electrons. The van der Waals surface area contributed by atoms with Crippen molar-refractivity contribution in [2.24, 2.45) is 4.99 Å². The molecule has 0 fully saturated rings. The topological polar surface area (TPSA) is 66.6 Å². The van der Waals surface area contributed by atoms with Gasteiger partial charge in [0, 0.05) is 7.11 Å². The van der Waals surface area contributed by atoms with Crippen molar-refractivity contribution in [3.8, 4) is 11.9 Å². The smallest absolute Gasteiger partial charge is 0.188 e. The molecule has 0 atom stereocenters. The summed E-state index contributed by atoms with van der Waals surface area (Å²) in [7, 11) is 1.55. The second-order valence-corrected chi connectivity index (χ2v) is 3.67. The van der Waals surface area contributed by atoms with Gasteiger partial charge in [0.1, 0.15) is 11.4 Å². The number of nitrogens with one attached hydrogen (secondary N) is 1. The lowest BCUT2D eigenvalue weighted by molar-refractivity contribution is 0.0515. The minimum Gasteiger partial charge on any atom is -0.465 e. The van der Waals surface area contributed by atoms with E-state index in [2.05, 4.69) is 10.3 Å². The number of thioether (sulfide) groups is 1. The second-order valence-electron chi connectivity index (χ2n) is 2.88. The average molecular weight is 251 g/mol. The molecule has 1 aromatic rings. The third-order valence-corrected chi connectivity index (χ3v) is 2.36. The summed E-state index contributed by atoms with van der Waals surface area (Å²) < 4.78 is 10.2. The number of ether oxygens (including phenoxy) is 2. The third kappa shape index (κ3) is 4.34. The molecule has 90 valence electrons. The molecule has 1 N–H and O–H groups in total. The highest BCUT2D eigenvalue weighted by Gasteiger charge is 2.03. The molecule has 0 bridgehead atoms. The predicted molar refractivity (Wildman–Crippen MR) is 68.3 cm³/mol. The molecule has 0 aromatic heterocycles. The van der Waals surface area contributed by atoms with Crippen LogP contribution >= 0.6 is 11.8 Å². The number of rotatable bonds is 4. The van der Waals surface area contributed by atoms with Crippen LogP contribution in [-0.2, 0) is 4.74 Å². The molecule has 0 unspecified atom stereocenters. The Morgan fingerprint density at radius 3 is 2.94 bits per heavy atom. The number of methoxy groups -OCH3 is 1. The molecule has 0 amide bonds. The first-order chi connectivity index (χ1) is 8.31. The fourth-order valence-electron chi connectivity index (χ4n) is 1.08. The van der Waals surface area contributed by atoms with Gasteiger partial charge in [-0.3, -0.25) is 5.32 Å². The summed E-state index contributed by atoms with van der Waals surface area (Å²) >= 11 is 1.35. The van der Waals surface area contributed by atoms with Crippen molar-refractivity contribution in [2.75, 3.05) is 20.2 Å². The zero-order chi connectivity index (χ0) is 12.5. The van der Waals surface area contributed by atoms with E-state index in [-0.39, 0.29) is 6.79 Å². The molecule has 0 saturated carbocycles. The summed E-state index contributed by atoms with van der Waals surface area (Å²) in [4.78, 5) is 4.29. The van der Waals surface area contributed by atoms with Crippen LogP contribution in [0.4, 0.5) is 5.69 Å². The predicted octanol–water partition coefficient (Wildman–Crippen LogP) is 2.09. The van der Waals surface area contributed by atoms with Crippen LogP contribution in [0, 0.1) is 11.5 Å². The van der Waals surface area contributed by atoms with E-state index in [1.54, 1.807) is 19.2 Å². The monoisotopic (exact) mass is 251 g/mol. The average Bonchev–Trinajstić information content (AvgIpc) is 2.37. The van der Waals surface area contributed by atoms with Crippen LogP contribution in [0.1, 0.15) is 0 Å². The first-order valence-corrected chi connectivity index (χ1v) is 6.03. The summed E-state index contributed by atoms with van der Waals surface area (Å²) in [5.41, 5.74) is 0.650. The summed E-state index contributed by atoms with van der Waals surface area (Å²) in [5, 5.41) is 11.6. The number of benzene rings is 1. The molecule has 1 aromatic carbocycles. The van der Waals surface area contributed by atoms with Crippen molar-refractivity contribution < 1.29 is 9.47 Å². The molecule has 0 aliphatic heterocycles. The Kier molecular flexibility index (Phi) is 5.93. The second kappa shape index (κ2) is 7.54. The van der Waals surface area contributed by atoms with E-state index in [0.29, 0.717) is 16.6 Å². The Morgan fingerprint density at radius 1 is 1.53 bits per heavy atom. The standard InChI is InChI=1S/C11H13N3O2S/c1-15-8-16-10-6-4-3-5-9(10)14-11(17-2)13-7-12/h3-6H,8H2,1-2H3,(H,13,14). The van der Waals surface area contributed by atoms with E-state index in [9.17, 15) is 0 Å². The minimum absolute atomic E-state index is 0.160. The summed E-state index contributed by atoms with van der Waals surface area (Å²) in [6.45, 7) is 0.160. The van der Waals surface area contributed by atoms with Crippen molar-refractivity contribution >= 4 is 22.6 Å². The Balaban J connectivity index is 2.92. The summed E-state index contributed by atoms with van der Waals surface area (Å²) in [6.07, 6.45) is 3.67. The summed E-state index contributed by atoms with van der Waals surface area (Å²) in [6, 6.07) is 7.30. The molecule has 0 spiro atoms. The van der Waals surface area contributed by atoms with Gasteiger partial charge in [-0.25, -0.2) is 4.99 Å². The number of para-hydroxylation sites is 2. The molecule has 0 heterocycles. The van der Waals surface area contributed by atoms with Gasteiger partial charge in [0.25, 0.3) is 0 Å². The van der Waals surface area contributed by atoms with Gasteiger partial charge in [0.2, 0.25) is 0 Å². The van der Waals surface area contributed by atoms with Crippen LogP contribution in [0.2, 0.25) is 0 Å².